The van der Waals surface area contributed by atoms with Crippen molar-refractivity contribution in [2.45, 2.75) is 32.4 Å². The number of hydrogen-bond acceptors (Lipinski definition) is 7. The van der Waals surface area contributed by atoms with E-state index < -0.39 is 10.0 Å². The van der Waals surface area contributed by atoms with Gasteiger partial charge in [0.2, 0.25) is 15.8 Å². The number of ether oxygens (including phenoxy) is 1. The third kappa shape index (κ3) is 5.52. The quantitative estimate of drug-likeness (QED) is 0.421. The van der Waals surface area contributed by atoms with Gasteiger partial charge in [0, 0.05) is 42.3 Å². The monoisotopic (exact) mass is 557 g/mol. The van der Waals surface area contributed by atoms with Gasteiger partial charge in [-0.1, -0.05) is 42.8 Å². The smallest absolute Gasteiger partial charge is 0.316 e. The van der Waals surface area contributed by atoms with E-state index in [0.29, 0.717) is 47.3 Å². The molecular formula is C27H32ClN5O4S. The zero-order valence-electron chi connectivity index (χ0n) is 21.6. The predicted octanol–water partition coefficient (Wildman–Crippen LogP) is 3.61. The van der Waals surface area contributed by atoms with Crippen molar-refractivity contribution in [2.24, 2.45) is 5.41 Å². The molecule has 9 nitrogen and oxygen atoms in total. The number of para-hydroxylation sites is 1. The Morgan fingerprint density at radius 3 is 2.50 bits per heavy atom. The van der Waals surface area contributed by atoms with Crippen LogP contribution >= 0.6 is 11.6 Å². The molecule has 202 valence electrons. The first-order valence-electron chi connectivity index (χ1n) is 12.6. The normalized spacial score (nSPS) is 17.4. The molecule has 1 aliphatic heterocycles. The van der Waals surface area contributed by atoms with Crippen LogP contribution in [0.5, 0.6) is 5.75 Å². The van der Waals surface area contributed by atoms with Gasteiger partial charge in [-0.25, -0.2) is 8.42 Å². The molecule has 2 fully saturated rings. The van der Waals surface area contributed by atoms with E-state index in [4.69, 9.17) is 22.1 Å². The largest absolute Gasteiger partial charge is 0.486 e. The number of nitrogen functional groups attached to an aromatic ring is 1. The van der Waals surface area contributed by atoms with Gasteiger partial charge in [0.1, 0.15) is 5.69 Å². The molecule has 0 amide bonds. The van der Waals surface area contributed by atoms with Crippen molar-refractivity contribution in [3.63, 3.8) is 0 Å². The maximum atomic E-state index is 13.6. The van der Waals surface area contributed by atoms with Crippen molar-refractivity contribution in [1.82, 2.24) is 14.1 Å². The number of benzene rings is 2. The minimum Gasteiger partial charge on any atom is -0.486 e. The lowest BCUT2D eigenvalue weighted by molar-refractivity contribution is 0.242. The summed E-state index contributed by atoms with van der Waals surface area (Å²) in [6, 6.07) is 12.4. The first-order chi connectivity index (χ1) is 18.1. The van der Waals surface area contributed by atoms with Gasteiger partial charge in [0.15, 0.2) is 0 Å². The van der Waals surface area contributed by atoms with E-state index in [-0.39, 0.29) is 35.6 Å². The number of halogens is 1. The number of aromatic nitrogens is 2. The average Bonchev–Trinajstić information content (AvgIpc) is 3.63. The topological polar surface area (TPSA) is 111 Å². The van der Waals surface area contributed by atoms with Gasteiger partial charge in [-0.15, -0.1) is 0 Å². The minimum atomic E-state index is -3.57. The van der Waals surface area contributed by atoms with Crippen LogP contribution in [-0.2, 0) is 15.8 Å². The molecule has 0 radical (unpaired) electrons. The van der Waals surface area contributed by atoms with Crippen molar-refractivity contribution in [3.8, 4) is 11.4 Å². The summed E-state index contributed by atoms with van der Waals surface area (Å²) >= 11 is 6.14. The van der Waals surface area contributed by atoms with Crippen molar-refractivity contribution < 1.29 is 13.2 Å². The van der Waals surface area contributed by atoms with Crippen LogP contribution in [0.4, 0.5) is 11.4 Å². The molecular weight excluding hydrogens is 526 g/mol. The summed E-state index contributed by atoms with van der Waals surface area (Å²) in [5, 5.41) is 4.90. The van der Waals surface area contributed by atoms with Gasteiger partial charge >= 0.3 is 5.56 Å². The van der Waals surface area contributed by atoms with Gasteiger partial charge in [-0.2, -0.15) is 14.1 Å². The molecule has 38 heavy (non-hydrogen) atoms. The summed E-state index contributed by atoms with van der Waals surface area (Å²) in [5.41, 5.74) is 8.89. The molecule has 2 aromatic carbocycles. The minimum absolute atomic E-state index is 0.0677. The molecule has 0 unspecified atom stereocenters. The van der Waals surface area contributed by atoms with E-state index in [2.05, 4.69) is 12.0 Å². The van der Waals surface area contributed by atoms with Gasteiger partial charge in [0.25, 0.3) is 0 Å². The molecule has 1 saturated heterocycles. The Kier molecular flexibility index (Phi) is 7.15. The van der Waals surface area contributed by atoms with Crippen LogP contribution in [0.15, 0.2) is 53.5 Å². The number of anilines is 2. The average molecular weight is 558 g/mol. The number of sulfonamides is 1. The predicted molar refractivity (Wildman–Crippen MR) is 150 cm³/mol. The zero-order valence-corrected chi connectivity index (χ0v) is 23.1. The van der Waals surface area contributed by atoms with Crippen LogP contribution in [0.25, 0.3) is 5.69 Å². The zero-order chi connectivity index (χ0) is 27.1. The molecule has 11 heteroatoms. The number of nitrogens with two attached hydrogens (primary N) is 1. The number of nitrogens with zero attached hydrogens (tertiary/aromatic N) is 4. The molecule has 2 aliphatic rings. The standard InChI is InChI=1S/C27H32ClN5O4S/c1-19-5-3-6-20(24(19)29)17-38(35,36)32-13-11-31(12-14-32)23-16-30-33(22-8-4-7-21(28)15-22)26(34)25(23)37-18-27(2)9-10-27/h3-8,15-16H,9-14,17-18,29H2,1-2H3. The van der Waals surface area contributed by atoms with Gasteiger partial charge in [-0.3, -0.25) is 4.79 Å². The van der Waals surface area contributed by atoms with Gasteiger partial charge in [-0.05, 0) is 49.1 Å². The third-order valence-electron chi connectivity index (χ3n) is 7.36. The van der Waals surface area contributed by atoms with Crippen molar-refractivity contribution in [3.05, 3.63) is 75.2 Å². The summed E-state index contributed by atoms with van der Waals surface area (Å²) < 4.78 is 35.3. The second-order valence-corrected chi connectivity index (χ2v) is 12.9. The second-order valence-electron chi connectivity index (χ2n) is 10.4. The molecule has 2 N–H and O–H groups in total. The number of hydrogen-bond donors (Lipinski definition) is 1. The van der Waals surface area contributed by atoms with Crippen LogP contribution in [0.3, 0.4) is 0 Å². The fourth-order valence-corrected chi connectivity index (χ4v) is 6.28. The lowest BCUT2D eigenvalue weighted by Gasteiger charge is -2.36. The van der Waals surface area contributed by atoms with Gasteiger partial charge < -0.3 is 15.4 Å². The molecule has 5 rings (SSSR count). The lowest BCUT2D eigenvalue weighted by Crippen LogP contribution is -2.49. The Hall–Kier alpha value is -3.08. The van der Waals surface area contributed by atoms with E-state index in [9.17, 15) is 13.2 Å². The highest BCUT2D eigenvalue weighted by Crippen LogP contribution is 2.45. The highest BCUT2D eigenvalue weighted by molar-refractivity contribution is 7.88. The number of aryl methyl sites for hydroxylation is 1. The molecule has 1 aliphatic carbocycles. The Labute approximate surface area is 227 Å². The van der Waals surface area contributed by atoms with E-state index in [1.54, 1.807) is 36.5 Å². The van der Waals surface area contributed by atoms with E-state index in [1.165, 1.54) is 8.99 Å². The molecule has 1 saturated carbocycles. The SMILES string of the molecule is Cc1cccc(CS(=O)(=O)N2CCN(c3cnn(-c4cccc(Cl)c4)c(=O)c3OCC3(C)CC3)CC2)c1N. The Morgan fingerprint density at radius 1 is 1.11 bits per heavy atom. The van der Waals surface area contributed by atoms with Crippen LogP contribution < -0.4 is 20.9 Å². The Bertz CT molecular complexity index is 1510. The van der Waals surface area contributed by atoms with E-state index in [0.717, 1.165) is 18.4 Å². The highest BCUT2D eigenvalue weighted by Gasteiger charge is 2.39. The summed E-state index contributed by atoms with van der Waals surface area (Å²) in [6.45, 7) is 5.79. The van der Waals surface area contributed by atoms with Gasteiger partial charge in [0.05, 0.1) is 24.2 Å². The number of rotatable bonds is 8. The molecule has 0 atom stereocenters. The third-order valence-corrected chi connectivity index (χ3v) is 9.42. The first kappa shape index (κ1) is 26.5. The fraction of sp³-hybridized carbons (Fsp3) is 0.407. The molecule has 0 bridgehead atoms. The van der Waals surface area contributed by atoms with Crippen LogP contribution in [0, 0.1) is 12.3 Å². The van der Waals surface area contributed by atoms with Crippen LogP contribution in [0.1, 0.15) is 30.9 Å². The Balaban J connectivity index is 1.37. The maximum absolute atomic E-state index is 13.6. The first-order valence-corrected chi connectivity index (χ1v) is 14.6. The van der Waals surface area contributed by atoms with Crippen molar-refractivity contribution in [2.75, 3.05) is 43.4 Å². The van der Waals surface area contributed by atoms with E-state index in [1.807, 2.05) is 24.0 Å². The summed E-state index contributed by atoms with van der Waals surface area (Å²) in [7, 11) is -3.57. The fourth-order valence-electron chi connectivity index (χ4n) is 4.55. The Morgan fingerprint density at radius 2 is 1.82 bits per heavy atom. The van der Waals surface area contributed by atoms with Crippen LogP contribution in [0.2, 0.25) is 5.02 Å². The molecule has 0 spiro atoms. The van der Waals surface area contributed by atoms with E-state index >= 15 is 0 Å². The lowest BCUT2D eigenvalue weighted by atomic mass is 10.1. The maximum Gasteiger partial charge on any atom is 0.316 e. The number of piperazine rings is 1. The molecule has 1 aromatic heterocycles. The summed E-state index contributed by atoms with van der Waals surface area (Å²) in [6.07, 6.45) is 3.72. The van der Waals surface area contributed by atoms with Crippen LogP contribution in [-0.4, -0.2) is 55.3 Å². The molecule has 3 aromatic rings. The van der Waals surface area contributed by atoms with Crippen molar-refractivity contribution in [1.29, 1.82) is 0 Å². The molecule has 2 heterocycles. The highest BCUT2D eigenvalue weighted by atomic mass is 35.5. The summed E-state index contributed by atoms with van der Waals surface area (Å²) in [4.78, 5) is 15.5. The second kappa shape index (κ2) is 10.2. The summed E-state index contributed by atoms with van der Waals surface area (Å²) in [5.74, 6) is 0.0713. The van der Waals surface area contributed by atoms with Crippen molar-refractivity contribution >= 4 is 33.0 Å².